The van der Waals surface area contributed by atoms with E-state index < -0.39 is 0 Å². The number of nitrogens with one attached hydrogen (secondary N) is 1. The van der Waals surface area contributed by atoms with Crippen LogP contribution in [-0.2, 0) is 4.74 Å². The molecule has 0 spiro atoms. The molecule has 10 heteroatoms. The van der Waals surface area contributed by atoms with Crippen molar-refractivity contribution in [2.45, 2.75) is 52.1 Å². The van der Waals surface area contributed by atoms with Gasteiger partial charge in [-0.25, -0.2) is 0 Å². The van der Waals surface area contributed by atoms with Gasteiger partial charge in [-0.1, -0.05) is 5.16 Å². The molecule has 0 bridgehead atoms. The van der Waals surface area contributed by atoms with E-state index in [1.165, 1.54) is 0 Å². The van der Waals surface area contributed by atoms with Gasteiger partial charge < -0.3 is 33.9 Å². The maximum absolute atomic E-state index is 13.8. The van der Waals surface area contributed by atoms with Crippen molar-refractivity contribution >= 4 is 11.8 Å². The van der Waals surface area contributed by atoms with Gasteiger partial charge in [-0.3, -0.25) is 9.59 Å². The van der Waals surface area contributed by atoms with E-state index in [9.17, 15) is 9.59 Å². The molecule has 2 aliphatic rings. The first kappa shape index (κ1) is 28.9. The number of aromatic nitrogens is 1. The predicted octanol–water partition coefficient (Wildman–Crippen LogP) is 3.40. The number of amides is 2. The van der Waals surface area contributed by atoms with Gasteiger partial charge in [0.1, 0.15) is 5.76 Å². The molecular formula is C29H42N4O6. The maximum atomic E-state index is 13.8. The van der Waals surface area contributed by atoms with Gasteiger partial charge >= 0.3 is 0 Å². The Morgan fingerprint density at radius 1 is 1.05 bits per heavy atom. The lowest BCUT2D eigenvalue weighted by molar-refractivity contribution is 0.0609. The zero-order valence-corrected chi connectivity index (χ0v) is 23.8. The van der Waals surface area contributed by atoms with E-state index in [0.29, 0.717) is 54.8 Å². The molecule has 4 rings (SSSR count). The summed E-state index contributed by atoms with van der Waals surface area (Å²) < 4.78 is 21.6. The Hall–Kier alpha value is -3.11. The summed E-state index contributed by atoms with van der Waals surface area (Å²) in [7, 11) is 3.25. The second-order valence-corrected chi connectivity index (χ2v) is 10.8. The maximum Gasteiger partial charge on any atom is 0.276 e. The van der Waals surface area contributed by atoms with Crippen LogP contribution in [0.25, 0.3) is 0 Å². The van der Waals surface area contributed by atoms with Crippen LogP contribution in [-0.4, -0.2) is 92.5 Å². The van der Waals surface area contributed by atoms with Crippen LogP contribution in [0, 0.1) is 18.8 Å². The lowest BCUT2D eigenvalue weighted by Crippen LogP contribution is -2.45. The lowest BCUT2D eigenvalue weighted by Gasteiger charge is -2.33. The average Bonchev–Trinajstić information content (AvgIpc) is 3.52. The summed E-state index contributed by atoms with van der Waals surface area (Å²) in [6, 6.07) is 7.29. The van der Waals surface area contributed by atoms with E-state index in [0.717, 1.165) is 32.4 Å². The number of benzene rings is 1. The second-order valence-electron chi connectivity index (χ2n) is 10.8. The summed E-state index contributed by atoms with van der Waals surface area (Å²) in [6.07, 6.45) is 2.76. The number of hydrogen-bond acceptors (Lipinski definition) is 8. The van der Waals surface area contributed by atoms with E-state index in [1.807, 2.05) is 23.6 Å². The van der Waals surface area contributed by atoms with E-state index in [2.05, 4.69) is 10.5 Å². The van der Waals surface area contributed by atoms with Gasteiger partial charge in [0, 0.05) is 70.0 Å². The number of rotatable bonds is 14. The minimum atomic E-state index is -0.0759. The minimum absolute atomic E-state index is 0.00574. The van der Waals surface area contributed by atoms with Crippen molar-refractivity contribution in [3.8, 4) is 11.5 Å². The van der Waals surface area contributed by atoms with Crippen molar-refractivity contribution < 1.29 is 28.3 Å². The summed E-state index contributed by atoms with van der Waals surface area (Å²) in [5, 5.41) is 7.45. The molecule has 1 saturated carbocycles. The Morgan fingerprint density at radius 2 is 1.79 bits per heavy atom. The molecule has 1 aliphatic carbocycles. The zero-order valence-electron chi connectivity index (χ0n) is 23.8. The van der Waals surface area contributed by atoms with Crippen molar-refractivity contribution in [1.82, 2.24) is 20.3 Å². The Balaban J connectivity index is 1.45. The summed E-state index contributed by atoms with van der Waals surface area (Å²) >= 11 is 0. The van der Waals surface area contributed by atoms with Crippen LogP contribution in [0.2, 0.25) is 0 Å². The number of hydrogen-bond donors (Lipinski definition) is 1. The number of carbonyl (C=O) groups is 2. The van der Waals surface area contributed by atoms with Crippen molar-refractivity contribution in [1.29, 1.82) is 0 Å². The molecule has 0 radical (unpaired) electrons. The molecule has 214 valence electrons. The number of carbonyl (C=O) groups excluding carboxylic acids is 2. The third kappa shape index (κ3) is 7.30. The van der Waals surface area contributed by atoms with Crippen molar-refractivity contribution in [2.75, 3.05) is 53.6 Å². The minimum Gasteiger partial charge on any atom is -0.493 e. The Kier molecular flexibility index (Phi) is 9.85. The Labute approximate surface area is 230 Å². The van der Waals surface area contributed by atoms with E-state index >= 15 is 0 Å². The topological polar surface area (TPSA) is 106 Å². The van der Waals surface area contributed by atoms with Crippen LogP contribution in [0.3, 0.4) is 0 Å². The molecule has 1 aromatic heterocycles. The van der Waals surface area contributed by atoms with Crippen LogP contribution in [0.15, 0.2) is 28.8 Å². The predicted molar refractivity (Wildman–Crippen MR) is 146 cm³/mol. The smallest absolute Gasteiger partial charge is 0.276 e. The van der Waals surface area contributed by atoms with Crippen LogP contribution in [0.4, 0.5) is 0 Å². The molecule has 2 atom stereocenters. The molecule has 39 heavy (non-hydrogen) atoms. The van der Waals surface area contributed by atoms with Crippen molar-refractivity contribution in [3.63, 3.8) is 0 Å². The van der Waals surface area contributed by atoms with Gasteiger partial charge in [-0.05, 0) is 63.6 Å². The van der Waals surface area contributed by atoms with E-state index in [1.54, 1.807) is 45.4 Å². The van der Waals surface area contributed by atoms with Gasteiger partial charge in [-0.2, -0.15) is 0 Å². The molecule has 1 N–H and O–H groups in total. The molecular weight excluding hydrogens is 500 g/mol. The molecule has 10 nitrogen and oxygen atoms in total. The van der Waals surface area contributed by atoms with Crippen LogP contribution < -0.4 is 14.8 Å². The van der Waals surface area contributed by atoms with Gasteiger partial charge in [-0.15, -0.1) is 0 Å². The van der Waals surface area contributed by atoms with Crippen molar-refractivity contribution in [2.24, 2.45) is 11.8 Å². The highest BCUT2D eigenvalue weighted by Gasteiger charge is 2.39. The first-order valence-corrected chi connectivity index (χ1v) is 13.9. The number of nitrogens with zero attached hydrogens (tertiary/aromatic N) is 3. The first-order chi connectivity index (χ1) is 18.8. The fourth-order valence-electron chi connectivity index (χ4n) is 5.12. The van der Waals surface area contributed by atoms with Gasteiger partial charge in [0.15, 0.2) is 17.2 Å². The summed E-state index contributed by atoms with van der Waals surface area (Å²) in [4.78, 5) is 30.9. The van der Waals surface area contributed by atoms with Crippen LogP contribution >= 0.6 is 0 Å². The third-order valence-corrected chi connectivity index (χ3v) is 7.48. The molecule has 1 aromatic carbocycles. The highest BCUT2D eigenvalue weighted by atomic mass is 16.5. The largest absolute Gasteiger partial charge is 0.493 e. The molecule has 2 amide bonds. The average molecular weight is 543 g/mol. The molecule has 2 heterocycles. The lowest BCUT2D eigenvalue weighted by atomic mass is 9.93. The van der Waals surface area contributed by atoms with Crippen LogP contribution in [0.5, 0.6) is 11.5 Å². The molecule has 0 unspecified atom stereocenters. The normalized spacial score (nSPS) is 18.8. The Bertz CT molecular complexity index is 1110. The quantitative estimate of drug-likeness (QED) is 0.362. The summed E-state index contributed by atoms with van der Waals surface area (Å²) in [6.45, 7) is 9.76. The van der Waals surface area contributed by atoms with Gasteiger partial charge in [0.25, 0.3) is 11.8 Å². The van der Waals surface area contributed by atoms with E-state index in [-0.39, 0.29) is 35.7 Å². The van der Waals surface area contributed by atoms with Crippen LogP contribution in [0.1, 0.15) is 59.7 Å². The van der Waals surface area contributed by atoms with Crippen molar-refractivity contribution in [3.05, 3.63) is 41.3 Å². The number of aryl methyl sites for hydroxylation is 1. The standard InChI is InChI=1S/C29H42N4O6/c1-19(2)32(28(34)21-7-10-26(37-5)27(14-21)38-12-6-11-36-4)17-22-15-30-16-23(22)18-33(24-8-9-24)29(35)25-13-20(3)39-31-25/h7,10,13-14,19,22-24,30H,6,8-9,11-12,15-18H2,1-5H3/t22-,23-/m0/s1. The van der Waals surface area contributed by atoms with Gasteiger partial charge in [0.2, 0.25) is 0 Å². The monoisotopic (exact) mass is 542 g/mol. The molecule has 2 aromatic rings. The van der Waals surface area contributed by atoms with E-state index in [4.69, 9.17) is 18.7 Å². The first-order valence-electron chi connectivity index (χ1n) is 13.9. The molecule has 1 aliphatic heterocycles. The number of methoxy groups -OCH3 is 2. The fourth-order valence-corrected chi connectivity index (χ4v) is 5.12. The zero-order chi connectivity index (χ0) is 27.9. The van der Waals surface area contributed by atoms with Gasteiger partial charge in [0.05, 0.1) is 13.7 Å². The third-order valence-electron chi connectivity index (χ3n) is 7.48. The number of ether oxygens (including phenoxy) is 3. The molecule has 1 saturated heterocycles. The summed E-state index contributed by atoms with van der Waals surface area (Å²) in [5.74, 6) is 2.08. The second kappa shape index (κ2) is 13.3. The molecule has 2 fully saturated rings. The fraction of sp³-hybridized carbons (Fsp3) is 0.621. The summed E-state index contributed by atoms with van der Waals surface area (Å²) in [5.41, 5.74) is 0.922. The highest BCUT2D eigenvalue weighted by molar-refractivity contribution is 5.95. The highest BCUT2D eigenvalue weighted by Crippen LogP contribution is 2.32. The SMILES string of the molecule is COCCCOc1cc(C(=O)N(C[C@@H]2CNC[C@H]2CN(C(=O)c2cc(C)on2)C2CC2)C(C)C)ccc1OC. The Morgan fingerprint density at radius 3 is 2.41 bits per heavy atom.